The van der Waals surface area contributed by atoms with Crippen LogP contribution in [0.5, 0.6) is 0 Å². The number of nitrogens with one attached hydrogen (secondary N) is 2. The topological polar surface area (TPSA) is 123 Å². The summed E-state index contributed by atoms with van der Waals surface area (Å²) in [5, 5.41) is 5.41. The van der Waals surface area contributed by atoms with E-state index in [0.717, 1.165) is 0 Å². The van der Waals surface area contributed by atoms with Gasteiger partial charge in [0.1, 0.15) is 5.69 Å². The second kappa shape index (κ2) is 9.04. The summed E-state index contributed by atoms with van der Waals surface area (Å²) in [4.78, 5) is 36.3. The molecule has 1 aromatic carbocycles. The summed E-state index contributed by atoms with van der Waals surface area (Å²) in [6, 6.07) is 10.1. The monoisotopic (exact) mass is 374 g/mol. The van der Waals surface area contributed by atoms with Gasteiger partial charge in [-0.25, -0.2) is 4.98 Å². The maximum atomic E-state index is 12.2. The first kappa shape index (κ1) is 18.7. The Morgan fingerprint density at radius 1 is 1.00 bits per heavy atom. The van der Waals surface area contributed by atoms with E-state index >= 15 is 0 Å². The molecule has 8 nitrogen and oxygen atoms in total. The molecule has 2 aromatic heterocycles. The fourth-order valence-electron chi connectivity index (χ4n) is 2.29. The average Bonchev–Trinajstić information content (AvgIpc) is 2.71. The van der Waals surface area contributed by atoms with Crippen LogP contribution < -0.4 is 16.4 Å². The van der Waals surface area contributed by atoms with Crippen LogP contribution in [-0.4, -0.2) is 26.8 Å². The summed E-state index contributed by atoms with van der Waals surface area (Å²) in [6.07, 6.45) is 9.77. The van der Waals surface area contributed by atoms with Gasteiger partial charge in [0.15, 0.2) is 0 Å². The quantitative estimate of drug-likeness (QED) is 0.570. The number of hydrogen-bond donors (Lipinski definition) is 3. The van der Waals surface area contributed by atoms with E-state index in [4.69, 9.17) is 5.73 Å². The van der Waals surface area contributed by atoms with Gasteiger partial charge in [-0.2, -0.15) is 0 Å². The standard InChI is InChI=1S/C20H18N6O2/c21-16-5-1-2-6-17(16)26-20(28)18-9-8-15(13-24-18)25-19(27)7-3-4-14-12-22-10-11-23-14/h1-6,8-13H,7,21H2,(H,25,27)(H,26,28)/b4-3+. The van der Waals surface area contributed by atoms with Gasteiger partial charge in [0, 0.05) is 18.8 Å². The predicted molar refractivity (Wildman–Crippen MR) is 107 cm³/mol. The van der Waals surface area contributed by atoms with E-state index in [-0.39, 0.29) is 23.9 Å². The Kier molecular flexibility index (Phi) is 6.04. The molecule has 0 fully saturated rings. The highest BCUT2D eigenvalue weighted by molar-refractivity contribution is 6.04. The summed E-state index contributed by atoms with van der Waals surface area (Å²) >= 11 is 0. The van der Waals surface area contributed by atoms with Gasteiger partial charge in [-0.15, -0.1) is 0 Å². The first-order valence-electron chi connectivity index (χ1n) is 8.46. The van der Waals surface area contributed by atoms with E-state index in [1.165, 1.54) is 12.3 Å². The number of pyridine rings is 1. The summed E-state index contributed by atoms with van der Waals surface area (Å²) in [5.41, 5.74) is 8.17. The van der Waals surface area contributed by atoms with Gasteiger partial charge >= 0.3 is 0 Å². The molecular weight excluding hydrogens is 356 g/mol. The second-order valence-corrected chi connectivity index (χ2v) is 5.76. The summed E-state index contributed by atoms with van der Waals surface area (Å²) in [6.45, 7) is 0. The van der Waals surface area contributed by atoms with Crippen LogP contribution in [0.1, 0.15) is 22.6 Å². The van der Waals surface area contributed by atoms with E-state index in [9.17, 15) is 9.59 Å². The van der Waals surface area contributed by atoms with Gasteiger partial charge in [-0.05, 0) is 30.3 Å². The molecule has 0 saturated heterocycles. The summed E-state index contributed by atoms with van der Waals surface area (Å²) in [5.74, 6) is -0.598. The number of hydrogen-bond acceptors (Lipinski definition) is 6. The first-order chi connectivity index (χ1) is 13.6. The van der Waals surface area contributed by atoms with Crippen LogP contribution in [-0.2, 0) is 4.79 Å². The number of rotatable bonds is 6. The van der Waals surface area contributed by atoms with Crippen molar-refractivity contribution in [2.75, 3.05) is 16.4 Å². The number of carbonyl (C=O) groups excluding carboxylic acids is 2. The smallest absolute Gasteiger partial charge is 0.274 e. The van der Waals surface area contributed by atoms with Crippen molar-refractivity contribution in [3.63, 3.8) is 0 Å². The highest BCUT2D eigenvalue weighted by Crippen LogP contribution is 2.17. The Morgan fingerprint density at radius 3 is 2.57 bits per heavy atom. The molecule has 0 unspecified atom stereocenters. The molecule has 28 heavy (non-hydrogen) atoms. The van der Waals surface area contributed by atoms with Gasteiger partial charge in [0.2, 0.25) is 5.91 Å². The molecule has 0 saturated carbocycles. The zero-order valence-electron chi connectivity index (χ0n) is 14.9. The zero-order valence-corrected chi connectivity index (χ0v) is 14.9. The SMILES string of the molecule is Nc1ccccc1NC(=O)c1ccc(NC(=O)C/C=C/c2cnccn2)cn1. The number of carbonyl (C=O) groups is 2. The molecule has 0 bridgehead atoms. The third-order valence-electron chi connectivity index (χ3n) is 3.66. The Bertz CT molecular complexity index is 987. The fraction of sp³-hybridized carbons (Fsp3) is 0.0500. The van der Waals surface area contributed by atoms with Crippen molar-refractivity contribution in [1.82, 2.24) is 15.0 Å². The molecule has 0 spiro atoms. The minimum atomic E-state index is -0.386. The Labute approximate surface area is 161 Å². The van der Waals surface area contributed by atoms with Crippen molar-refractivity contribution in [3.8, 4) is 0 Å². The minimum Gasteiger partial charge on any atom is -0.397 e. The molecule has 3 rings (SSSR count). The van der Waals surface area contributed by atoms with Gasteiger partial charge in [-0.1, -0.05) is 18.2 Å². The van der Waals surface area contributed by atoms with Crippen LogP contribution >= 0.6 is 0 Å². The molecule has 140 valence electrons. The first-order valence-corrected chi connectivity index (χ1v) is 8.46. The van der Waals surface area contributed by atoms with E-state index in [1.807, 2.05) is 0 Å². The lowest BCUT2D eigenvalue weighted by Gasteiger charge is -2.08. The number of nitrogen functional groups attached to an aromatic ring is 1. The van der Waals surface area contributed by atoms with E-state index in [0.29, 0.717) is 22.8 Å². The minimum absolute atomic E-state index is 0.173. The highest BCUT2D eigenvalue weighted by atomic mass is 16.2. The van der Waals surface area contributed by atoms with Crippen molar-refractivity contribution < 1.29 is 9.59 Å². The van der Waals surface area contributed by atoms with Crippen LogP contribution in [0, 0.1) is 0 Å². The van der Waals surface area contributed by atoms with Crippen molar-refractivity contribution in [2.45, 2.75) is 6.42 Å². The third-order valence-corrected chi connectivity index (χ3v) is 3.66. The predicted octanol–water partition coefficient (Wildman–Crippen LogP) is 2.75. The van der Waals surface area contributed by atoms with E-state index in [1.54, 1.807) is 61.1 Å². The molecule has 2 amide bonds. The van der Waals surface area contributed by atoms with Crippen molar-refractivity contribution in [1.29, 1.82) is 0 Å². The molecule has 2 heterocycles. The maximum Gasteiger partial charge on any atom is 0.274 e. The molecule has 0 aliphatic carbocycles. The lowest BCUT2D eigenvalue weighted by molar-refractivity contribution is -0.115. The Balaban J connectivity index is 1.53. The zero-order chi connectivity index (χ0) is 19.8. The fourth-order valence-corrected chi connectivity index (χ4v) is 2.29. The Hall–Kier alpha value is -4.07. The normalized spacial score (nSPS) is 10.6. The molecule has 3 aromatic rings. The second-order valence-electron chi connectivity index (χ2n) is 5.76. The van der Waals surface area contributed by atoms with Crippen LogP contribution in [0.15, 0.2) is 67.3 Å². The third kappa shape index (κ3) is 5.21. The lowest BCUT2D eigenvalue weighted by atomic mass is 10.2. The van der Waals surface area contributed by atoms with Crippen molar-refractivity contribution in [2.24, 2.45) is 0 Å². The number of nitrogens with zero attached hydrogens (tertiary/aromatic N) is 3. The van der Waals surface area contributed by atoms with E-state index in [2.05, 4.69) is 25.6 Å². The molecule has 0 aliphatic heterocycles. The summed E-state index contributed by atoms with van der Waals surface area (Å²) in [7, 11) is 0. The Morgan fingerprint density at radius 2 is 1.86 bits per heavy atom. The van der Waals surface area contributed by atoms with Crippen molar-refractivity contribution in [3.05, 3.63) is 78.6 Å². The highest BCUT2D eigenvalue weighted by Gasteiger charge is 2.09. The van der Waals surface area contributed by atoms with Gasteiger partial charge < -0.3 is 16.4 Å². The molecule has 4 N–H and O–H groups in total. The molecule has 0 radical (unpaired) electrons. The number of amides is 2. The van der Waals surface area contributed by atoms with Crippen molar-refractivity contribution >= 4 is 35.0 Å². The summed E-state index contributed by atoms with van der Waals surface area (Å²) < 4.78 is 0. The molecular formula is C20H18N6O2. The number of para-hydroxylation sites is 2. The molecule has 8 heteroatoms. The van der Waals surface area contributed by atoms with Gasteiger partial charge in [0.25, 0.3) is 5.91 Å². The van der Waals surface area contributed by atoms with Crippen LogP contribution in [0.2, 0.25) is 0 Å². The van der Waals surface area contributed by atoms with Gasteiger partial charge in [0.05, 0.1) is 35.1 Å². The largest absolute Gasteiger partial charge is 0.397 e. The number of anilines is 3. The van der Waals surface area contributed by atoms with Crippen LogP contribution in [0.3, 0.4) is 0 Å². The van der Waals surface area contributed by atoms with Crippen LogP contribution in [0.25, 0.3) is 6.08 Å². The lowest BCUT2D eigenvalue weighted by Crippen LogP contribution is -2.15. The maximum absolute atomic E-state index is 12.2. The number of nitrogens with two attached hydrogens (primary N) is 1. The van der Waals surface area contributed by atoms with E-state index < -0.39 is 0 Å². The van der Waals surface area contributed by atoms with Gasteiger partial charge in [-0.3, -0.25) is 19.6 Å². The molecule has 0 aliphatic rings. The number of benzene rings is 1. The van der Waals surface area contributed by atoms with Crippen LogP contribution in [0.4, 0.5) is 17.1 Å². The number of aromatic nitrogens is 3. The average molecular weight is 374 g/mol. The molecule has 0 atom stereocenters.